The van der Waals surface area contributed by atoms with Crippen molar-refractivity contribution in [1.29, 1.82) is 0 Å². The number of aldehydes is 1. The first-order valence-electron chi connectivity index (χ1n) is 6.53. The Morgan fingerprint density at radius 1 is 1.23 bits per heavy atom. The van der Waals surface area contributed by atoms with Crippen molar-refractivity contribution < 1.29 is 13.9 Å². The second-order valence-electron chi connectivity index (χ2n) is 4.55. The van der Waals surface area contributed by atoms with E-state index in [1.165, 1.54) is 19.2 Å². The molecule has 2 aromatic heterocycles. The molecule has 0 N–H and O–H groups in total. The number of nitrogens with zero attached hydrogens (tertiary/aromatic N) is 3. The van der Waals surface area contributed by atoms with Crippen LogP contribution in [-0.4, -0.2) is 28.2 Å². The Hall–Kier alpha value is -3.02. The van der Waals surface area contributed by atoms with Crippen molar-refractivity contribution in [2.75, 3.05) is 7.11 Å². The number of rotatable bonds is 4. The van der Waals surface area contributed by atoms with E-state index in [0.717, 1.165) is 0 Å². The number of carbonyl (C=O) groups is 1. The normalized spacial score (nSPS) is 10.5. The fourth-order valence-electron chi connectivity index (χ4n) is 2.13. The van der Waals surface area contributed by atoms with Crippen LogP contribution >= 0.6 is 0 Å². The maximum absolute atomic E-state index is 13.4. The van der Waals surface area contributed by atoms with Crippen LogP contribution in [0.25, 0.3) is 16.9 Å². The van der Waals surface area contributed by atoms with E-state index < -0.39 is 0 Å². The van der Waals surface area contributed by atoms with Crippen LogP contribution in [0.1, 0.15) is 10.5 Å². The third-order valence-corrected chi connectivity index (χ3v) is 3.14. The first-order valence-corrected chi connectivity index (χ1v) is 6.53. The number of aromatic nitrogens is 3. The Morgan fingerprint density at radius 3 is 2.73 bits per heavy atom. The zero-order valence-corrected chi connectivity index (χ0v) is 11.7. The second kappa shape index (κ2) is 5.77. The molecule has 0 bridgehead atoms. The SMILES string of the molecule is COc1ccc(-n2nc(C=O)cc2-c2cccc(F)c2)cn1. The van der Waals surface area contributed by atoms with E-state index in [2.05, 4.69) is 10.1 Å². The van der Waals surface area contributed by atoms with Crippen molar-refractivity contribution in [1.82, 2.24) is 14.8 Å². The number of benzene rings is 1. The van der Waals surface area contributed by atoms with Crippen molar-refractivity contribution in [3.05, 3.63) is 60.2 Å². The number of halogens is 1. The van der Waals surface area contributed by atoms with Crippen molar-refractivity contribution in [3.63, 3.8) is 0 Å². The monoisotopic (exact) mass is 297 g/mol. The highest BCUT2D eigenvalue weighted by atomic mass is 19.1. The summed E-state index contributed by atoms with van der Waals surface area (Å²) in [6, 6.07) is 11.2. The quantitative estimate of drug-likeness (QED) is 0.695. The summed E-state index contributed by atoms with van der Waals surface area (Å²) in [5.74, 6) is 0.115. The number of hydrogen-bond acceptors (Lipinski definition) is 4. The van der Waals surface area contributed by atoms with E-state index >= 15 is 0 Å². The lowest BCUT2D eigenvalue weighted by Gasteiger charge is -2.08. The maximum atomic E-state index is 13.4. The van der Waals surface area contributed by atoms with Crippen LogP contribution in [0.3, 0.4) is 0 Å². The van der Waals surface area contributed by atoms with Crippen molar-refractivity contribution >= 4 is 6.29 Å². The van der Waals surface area contributed by atoms with Gasteiger partial charge in [-0.1, -0.05) is 12.1 Å². The molecule has 110 valence electrons. The third-order valence-electron chi connectivity index (χ3n) is 3.14. The lowest BCUT2D eigenvalue weighted by atomic mass is 10.1. The Bertz CT molecular complexity index is 813. The molecule has 0 aliphatic heterocycles. The van der Waals surface area contributed by atoms with Crippen molar-refractivity contribution in [2.45, 2.75) is 0 Å². The molecule has 0 aliphatic carbocycles. The summed E-state index contributed by atoms with van der Waals surface area (Å²) in [7, 11) is 1.53. The van der Waals surface area contributed by atoms with E-state index in [1.807, 2.05) is 0 Å². The van der Waals surface area contributed by atoms with E-state index in [1.54, 1.807) is 41.2 Å². The second-order valence-corrected chi connectivity index (χ2v) is 4.55. The summed E-state index contributed by atoms with van der Waals surface area (Å²) in [6.07, 6.45) is 2.22. The maximum Gasteiger partial charge on any atom is 0.213 e. The molecule has 0 aliphatic rings. The number of pyridine rings is 1. The van der Waals surface area contributed by atoms with Gasteiger partial charge in [-0.3, -0.25) is 4.79 Å². The lowest BCUT2D eigenvalue weighted by Crippen LogP contribution is -2.01. The smallest absolute Gasteiger partial charge is 0.213 e. The van der Waals surface area contributed by atoms with Crippen LogP contribution in [0.15, 0.2) is 48.7 Å². The topological polar surface area (TPSA) is 57.0 Å². The molecule has 6 heteroatoms. The number of hydrogen-bond donors (Lipinski definition) is 0. The van der Waals surface area contributed by atoms with Crippen LogP contribution in [0, 0.1) is 5.82 Å². The number of carbonyl (C=O) groups excluding carboxylic acids is 1. The van der Waals surface area contributed by atoms with Gasteiger partial charge >= 0.3 is 0 Å². The lowest BCUT2D eigenvalue weighted by molar-refractivity contribution is 0.111. The van der Waals surface area contributed by atoms with Crippen LogP contribution in [0.5, 0.6) is 5.88 Å². The molecule has 0 unspecified atom stereocenters. The van der Waals surface area contributed by atoms with Gasteiger partial charge in [0, 0.05) is 11.6 Å². The summed E-state index contributed by atoms with van der Waals surface area (Å²) in [6.45, 7) is 0. The van der Waals surface area contributed by atoms with Gasteiger partial charge < -0.3 is 4.74 Å². The Labute approximate surface area is 126 Å². The number of ether oxygens (including phenoxy) is 1. The molecule has 5 nitrogen and oxygen atoms in total. The molecule has 3 aromatic rings. The molecular formula is C16H12FN3O2. The minimum Gasteiger partial charge on any atom is -0.481 e. The minimum atomic E-state index is -0.356. The van der Waals surface area contributed by atoms with Crippen molar-refractivity contribution in [2.24, 2.45) is 0 Å². The summed E-state index contributed by atoms with van der Waals surface area (Å²) in [5, 5.41) is 4.21. The van der Waals surface area contributed by atoms with Gasteiger partial charge in [-0.15, -0.1) is 0 Å². The molecule has 0 radical (unpaired) electrons. The molecule has 0 amide bonds. The minimum absolute atomic E-state index is 0.259. The van der Waals surface area contributed by atoms with Gasteiger partial charge in [0.15, 0.2) is 6.29 Å². The van der Waals surface area contributed by atoms with Gasteiger partial charge in [0.2, 0.25) is 5.88 Å². The van der Waals surface area contributed by atoms with Crippen LogP contribution < -0.4 is 4.74 Å². The first-order chi connectivity index (χ1) is 10.7. The predicted molar refractivity (Wildman–Crippen MR) is 78.7 cm³/mol. The molecule has 3 rings (SSSR count). The molecule has 22 heavy (non-hydrogen) atoms. The summed E-state index contributed by atoms with van der Waals surface area (Å²) >= 11 is 0. The van der Waals surface area contributed by atoms with Crippen molar-refractivity contribution in [3.8, 4) is 22.8 Å². The van der Waals surface area contributed by atoms with E-state index in [4.69, 9.17) is 4.74 Å². The first kappa shape index (κ1) is 13.9. The van der Waals surface area contributed by atoms with Gasteiger partial charge in [0.05, 0.1) is 24.7 Å². The largest absolute Gasteiger partial charge is 0.481 e. The molecule has 2 heterocycles. The van der Waals surface area contributed by atoms with Gasteiger partial charge in [-0.2, -0.15) is 5.10 Å². The summed E-state index contributed by atoms with van der Waals surface area (Å²) in [5.41, 5.74) is 2.13. The van der Waals surface area contributed by atoms with E-state index in [0.29, 0.717) is 29.1 Å². The molecule has 0 spiro atoms. The molecular weight excluding hydrogens is 285 g/mol. The molecule has 0 fully saturated rings. The van der Waals surface area contributed by atoms with Crippen LogP contribution in [0.4, 0.5) is 4.39 Å². The summed E-state index contributed by atoms with van der Waals surface area (Å²) in [4.78, 5) is 15.1. The van der Waals surface area contributed by atoms with Gasteiger partial charge in [-0.25, -0.2) is 14.1 Å². The standard InChI is InChI=1S/C16H12FN3O2/c1-22-16-6-5-14(9-18-16)20-15(8-13(10-21)19-20)11-3-2-4-12(17)7-11/h2-10H,1H3. The third kappa shape index (κ3) is 2.58. The number of methoxy groups -OCH3 is 1. The fraction of sp³-hybridized carbons (Fsp3) is 0.0625. The summed E-state index contributed by atoms with van der Waals surface area (Å²) < 4.78 is 20.0. The molecule has 0 saturated carbocycles. The van der Waals surface area contributed by atoms with Crippen LogP contribution in [0.2, 0.25) is 0 Å². The molecule has 0 atom stereocenters. The van der Waals surface area contributed by atoms with E-state index in [-0.39, 0.29) is 11.5 Å². The highest BCUT2D eigenvalue weighted by molar-refractivity contribution is 5.76. The van der Waals surface area contributed by atoms with Gasteiger partial charge in [0.25, 0.3) is 0 Å². The van der Waals surface area contributed by atoms with Crippen LogP contribution in [-0.2, 0) is 0 Å². The van der Waals surface area contributed by atoms with E-state index in [9.17, 15) is 9.18 Å². The Balaban J connectivity index is 2.14. The highest BCUT2D eigenvalue weighted by Crippen LogP contribution is 2.24. The average Bonchev–Trinajstić information content (AvgIpc) is 2.99. The Morgan fingerprint density at radius 2 is 2.09 bits per heavy atom. The average molecular weight is 297 g/mol. The molecule has 0 saturated heterocycles. The Kier molecular flexibility index (Phi) is 3.65. The molecule has 1 aromatic carbocycles. The predicted octanol–water partition coefficient (Wildman–Crippen LogP) is 2.89. The zero-order chi connectivity index (χ0) is 15.5. The fourth-order valence-corrected chi connectivity index (χ4v) is 2.13. The van der Waals surface area contributed by atoms with Gasteiger partial charge in [0.1, 0.15) is 11.5 Å². The highest BCUT2D eigenvalue weighted by Gasteiger charge is 2.12. The zero-order valence-electron chi connectivity index (χ0n) is 11.7. The van der Waals surface area contributed by atoms with Gasteiger partial charge in [-0.05, 0) is 24.3 Å².